The van der Waals surface area contributed by atoms with Gasteiger partial charge < -0.3 is 24.8 Å². The largest absolute Gasteiger partial charge is 0.378 e. The fraction of sp³-hybridized carbons (Fsp3) is 0.476. The molecule has 2 fully saturated rings. The summed E-state index contributed by atoms with van der Waals surface area (Å²) in [5.74, 6) is 1.64. The van der Waals surface area contributed by atoms with Crippen molar-refractivity contribution in [3.05, 3.63) is 30.3 Å². The molecule has 2 aliphatic rings. The minimum absolute atomic E-state index is 0.0170. The second kappa shape index (κ2) is 10.4. The number of alkyl halides is 1. The van der Waals surface area contributed by atoms with Crippen LogP contribution in [0.4, 0.5) is 23.0 Å². The van der Waals surface area contributed by atoms with E-state index in [2.05, 4.69) is 49.4 Å². The Labute approximate surface area is 191 Å². The van der Waals surface area contributed by atoms with E-state index in [4.69, 9.17) is 16.3 Å². The number of carbonyl (C=O) groups excluding carboxylic acids is 1. The first kappa shape index (κ1) is 22.0. The molecule has 0 bridgehead atoms. The molecule has 8 nitrogen and oxygen atoms in total. The van der Waals surface area contributed by atoms with E-state index in [-0.39, 0.29) is 11.8 Å². The lowest BCUT2D eigenvalue weighted by molar-refractivity contribution is -0.128. The van der Waals surface area contributed by atoms with Gasteiger partial charge >= 0.3 is 0 Å². The number of nitrogens with one attached hydrogen (secondary N) is 1. The van der Waals surface area contributed by atoms with Crippen LogP contribution in [0.25, 0.3) is 0 Å². The highest BCUT2D eigenvalue weighted by Crippen LogP contribution is 2.25. The van der Waals surface area contributed by atoms with Gasteiger partial charge in [-0.15, -0.1) is 11.6 Å². The van der Waals surface area contributed by atoms with E-state index in [0.29, 0.717) is 18.2 Å². The predicted octanol–water partition coefficient (Wildman–Crippen LogP) is 2.67. The summed E-state index contributed by atoms with van der Waals surface area (Å²) in [6.45, 7) is 6.13. The Kier molecular flexibility index (Phi) is 7.37. The monoisotopic (exact) mass is 462 g/mol. The van der Waals surface area contributed by atoms with Gasteiger partial charge in [0.15, 0.2) is 5.16 Å². The average Bonchev–Trinajstić information content (AvgIpc) is 2.84. The molecule has 2 saturated heterocycles. The molecule has 2 aliphatic heterocycles. The number of ether oxygens (including phenoxy) is 1. The van der Waals surface area contributed by atoms with Crippen LogP contribution in [-0.4, -0.2) is 85.4 Å². The molecule has 1 aromatic carbocycles. The summed E-state index contributed by atoms with van der Waals surface area (Å²) >= 11 is 7.20. The summed E-state index contributed by atoms with van der Waals surface area (Å²) in [7, 11) is 0. The lowest BCUT2D eigenvalue weighted by Gasteiger charge is -2.35. The highest BCUT2D eigenvalue weighted by Gasteiger charge is 2.22. The van der Waals surface area contributed by atoms with Crippen molar-refractivity contribution in [2.45, 2.75) is 5.16 Å². The van der Waals surface area contributed by atoms with E-state index in [0.717, 1.165) is 56.7 Å². The Hall–Kier alpha value is -2.23. The molecule has 0 saturated carbocycles. The van der Waals surface area contributed by atoms with Gasteiger partial charge in [0.05, 0.1) is 13.2 Å². The SMILES string of the molecule is CSc1nc(Nc2ccc(N3CCOCC3)cc2)cc(N2CCN(C(=O)CCl)CC2)n1. The highest BCUT2D eigenvalue weighted by atomic mass is 35.5. The number of rotatable bonds is 6. The van der Waals surface area contributed by atoms with Gasteiger partial charge in [0.1, 0.15) is 17.5 Å². The van der Waals surface area contributed by atoms with Gasteiger partial charge in [-0.25, -0.2) is 9.97 Å². The third-order valence-electron chi connectivity index (χ3n) is 5.46. The zero-order valence-corrected chi connectivity index (χ0v) is 19.2. The maximum Gasteiger partial charge on any atom is 0.237 e. The normalized spacial score (nSPS) is 17.0. The number of halogens is 1. The van der Waals surface area contributed by atoms with E-state index in [1.807, 2.05) is 12.3 Å². The molecule has 1 aromatic heterocycles. The fourth-order valence-corrected chi connectivity index (χ4v) is 4.27. The van der Waals surface area contributed by atoms with Crippen LogP contribution in [0, 0.1) is 0 Å². The first-order valence-electron chi connectivity index (χ1n) is 10.4. The maximum atomic E-state index is 11.8. The van der Waals surface area contributed by atoms with Crippen LogP contribution in [0.2, 0.25) is 0 Å². The number of hydrogen-bond acceptors (Lipinski definition) is 8. The summed E-state index contributed by atoms with van der Waals surface area (Å²) in [6.07, 6.45) is 1.97. The number of thioether (sulfide) groups is 1. The zero-order chi connectivity index (χ0) is 21.6. The molecule has 0 atom stereocenters. The smallest absolute Gasteiger partial charge is 0.237 e. The maximum absolute atomic E-state index is 11.8. The fourth-order valence-electron chi connectivity index (χ4n) is 3.72. The molecule has 0 unspecified atom stereocenters. The molecule has 10 heteroatoms. The number of nitrogens with zero attached hydrogens (tertiary/aromatic N) is 5. The Balaban J connectivity index is 1.44. The summed E-state index contributed by atoms with van der Waals surface area (Å²) in [4.78, 5) is 27.4. The van der Waals surface area contributed by atoms with Crippen LogP contribution < -0.4 is 15.1 Å². The molecule has 0 spiro atoms. The second-order valence-electron chi connectivity index (χ2n) is 7.37. The van der Waals surface area contributed by atoms with Gasteiger partial charge in [-0.1, -0.05) is 11.8 Å². The Morgan fingerprint density at radius 1 is 1.06 bits per heavy atom. The molecule has 166 valence electrons. The lowest BCUT2D eigenvalue weighted by Crippen LogP contribution is -2.49. The van der Waals surface area contributed by atoms with E-state index in [1.54, 1.807) is 4.90 Å². The van der Waals surface area contributed by atoms with Crippen LogP contribution >= 0.6 is 23.4 Å². The Morgan fingerprint density at radius 2 is 1.77 bits per heavy atom. The van der Waals surface area contributed by atoms with Crippen molar-refractivity contribution in [2.75, 3.05) is 79.7 Å². The molecule has 1 N–H and O–H groups in total. The summed E-state index contributed by atoms with van der Waals surface area (Å²) in [6, 6.07) is 10.4. The number of hydrogen-bond donors (Lipinski definition) is 1. The van der Waals surface area contributed by atoms with Gasteiger partial charge in [0.25, 0.3) is 0 Å². The number of aromatic nitrogens is 2. The van der Waals surface area contributed by atoms with Crippen molar-refractivity contribution in [3.63, 3.8) is 0 Å². The van der Waals surface area contributed by atoms with Gasteiger partial charge in [0, 0.05) is 56.7 Å². The van der Waals surface area contributed by atoms with Crippen LogP contribution in [0.3, 0.4) is 0 Å². The third kappa shape index (κ3) is 5.53. The van der Waals surface area contributed by atoms with Crippen LogP contribution in [0.5, 0.6) is 0 Å². The van der Waals surface area contributed by atoms with Gasteiger partial charge in [0.2, 0.25) is 5.91 Å². The van der Waals surface area contributed by atoms with E-state index < -0.39 is 0 Å². The van der Waals surface area contributed by atoms with Gasteiger partial charge in [-0.05, 0) is 30.5 Å². The molecular weight excluding hydrogens is 436 g/mol. The predicted molar refractivity (Wildman–Crippen MR) is 126 cm³/mol. The molecule has 31 heavy (non-hydrogen) atoms. The van der Waals surface area contributed by atoms with Crippen LogP contribution in [-0.2, 0) is 9.53 Å². The van der Waals surface area contributed by atoms with E-state index in [9.17, 15) is 4.79 Å². The van der Waals surface area contributed by atoms with Crippen molar-refractivity contribution in [1.29, 1.82) is 0 Å². The van der Waals surface area contributed by atoms with Crippen molar-refractivity contribution >= 4 is 52.3 Å². The van der Waals surface area contributed by atoms with Crippen molar-refractivity contribution in [3.8, 4) is 0 Å². The van der Waals surface area contributed by atoms with Crippen molar-refractivity contribution in [1.82, 2.24) is 14.9 Å². The van der Waals surface area contributed by atoms with E-state index >= 15 is 0 Å². The minimum atomic E-state index is -0.0170. The Morgan fingerprint density at radius 3 is 2.42 bits per heavy atom. The Bertz CT molecular complexity index is 886. The standard InChI is InChI=1S/C21H27ClN6O2S/c1-31-21-24-18(14-19(25-21)27-6-8-28(9-7-27)20(29)15-22)23-16-2-4-17(5-3-16)26-10-12-30-13-11-26/h2-5,14H,6-13,15H2,1H3,(H,23,24,25). The molecule has 2 aromatic rings. The molecule has 0 radical (unpaired) electrons. The topological polar surface area (TPSA) is 73.8 Å². The third-order valence-corrected chi connectivity index (χ3v) is 6.24. The molecule has 0 aliphatic carbocycles. The summed E-state index contributed by atoms with van der Waals surface area (Å²) in [5, 5.41) is 4.12. The molecular formula is C21H27ClN6O2S. The molecule has 1 amide bonds. The van der Waals surface area contributed by atoms with Crippen molar-refractivity contribution in [2.24, 2.45) is 0 Å². The number of piperazine rings is 1. The van der Waals surface area contributed by atoms with Crippen molar-refractivity contribution < 1.29 is 9.53 Å². The number of benzene rings is 1. The number of carbonyl (C=O) groups is 1. The summed E-state index contributed by atoms with van der Waals surface area (Å²) in [5.41, 5.74) is 2.18. The van der Waals surface area contributed by atoms with E-state index in [1.165, 1.54) is 17.4 Å². The lowest BCUT2D eigenvalue weighted by atomic mass is 10.2. The molecule has 4 rings (SSSR count). The number of anilines is 4. The van der Waals surface area contributed by atoms with Gasteiger partial charge in [-0.2, -0.15) is 0 Å². The van der Waals surface area contributed by atoms with Crippen LogP contribution in [0.15, 0.2) is 35.5 Å². The first-order chi connectivity index (χ1) is 15.2. The molecule has 3 heterocycles. The first-order valence-corrected chi connectivity index (χ1v) is 12.1. The highest BCUT2D eigenvalue weighted by molar-refractivity contribution is 7.98. The summed E-state index contributed by atoms with van der Waals surface area (Å²) < 4.78 is 5.43. The number of morpholine rings is 1. The van der Waals surface area contributed by atoms with Crippen LogP contribution in [0.1, 0.15) is 0 Å². The minimum Gasteiger partial charge on any atom is -0.378 e. The quantitative estimate of drug-likeness (QED) is 0.399. The zero-order valence-electron chi connectivity index (χ0n) is 17.6. The average molecular weight is 463 g/mol. The number of amides is 1. The second-order valence-corrected chi connectivity index (χ2v) is 8.41. The van der Waals surface area contributed by atoms with Gasteiger partial charge in [-0.3, -0.25) is 4.79 Å².